The molecule has 0 N–H and O–H groups in total. The van der Waals surface area contributed by atoms with Crippen LogP contribution in [0.2, 0.25) is 0 Å². The predicted molar refractivity (Wildman–Crippen MR) is 55.3 cm³/mol. The molecule has 3 aliphatic carbocycles. The molecular formula is C13H14. The van der Waals surface area contributed by atoms with E-state index in [0.29, 0.717) is 0 Å². The van der Waals surface area contributed by atoms with Crippen LogP contribution in [0.5, 0.6) is 0 Å². The van der Waals surface area contributed by atoms with Gasteiger partial charge in [0.1, 0.15) is 0 Å². The summed E-state index contributed by atoms with van der Waals surface area (Å²) >= 11 is 0. The van der Waals surface area contributed by atoms with Gasteiger partial charge in [-0.25, -0.2) is 0 Å². The Morgan fingerprint density at radius 1 is 1.31 bits per heavy atom. The van der Waals surface area contributed by atoms with E-state index in [1.165, 1.54) is 18.4 Å². The van der Waals surface area contributed by atoms with Crippen molar-refractivity contribution in [2.24, 2.45) is 11.8 Å². The van der Waals surface area contributed by atoms with Gasteiger partial charge in [-0.05, 0) is 36.8 Å². The molecule has 0 aliphatic heterocycles. The number of allylic oxidation sites excluding steroid dienone is 8. The average Bonchev–Trinajstić information content (AvgIpc) is 2.57. The molecule has 13 heavy (non-hydrogen) atoms. The van der Waals surface area contributed by atoms with Gasteiger partial charge in [-0.2, -0.15) is 0 Å². The maximum Gasteiger partial charge on any atom is 0.0117 e. The summed E-state index contributed by atoms with van der Waals surface area (Å²) in [6, 6.07) is 0. The zero-order valence-corrected chi connectivity index (χ0v) is 7.96. The van der Waals surface area contributed by atoms with E-state index < -0.39 is 0 Å². The Morgan fingerprint density at radius 2 is 2.23 bits per heavy atom. The molecule has 2 unspecified atom stereocenters. The molecule has 0 aromatic rings. The zero-order chi connectivity index (χ0) is 8.84. The van der Waals surface area contributed by atoms with Gasteiger partial charge in [0, 0.05) is 5.92 Å². The van der Waals surface area contributed by atoms with E-state index >= 15 is 0 Å². The Labute approximate surface area is 79.3 Å². The molecule has 0 aromatic heterocycles. The fourth-order valence-corrected chi connectivity index (χ4v) is 2.88. The van der Waals surface area contributed by atoms with Gasteiger partial charge in [-0.15, -0.1) is 0 Å². The van der Waals surface area contributed by atoms with Crippen LogP contribution < -0.4 is 0 Å². The topological polar surface area (TPSA) is 0 Å². The molecule has 3 rings (SSSR count). The van der Waals surface area contributed by atoms with Crippen LogP contribution in [0.25, 0.3) is 0 Å². The van der Waals surface area contributed by atoms with Crippen molar-refractivity contribution in [3.8, 4) is 0 Å². The van der Waals surface area contributed by atoms with E-state index in [1.54, 1.807) is 11.1 Å². The summed E-state index contributed by atoms with van der Waals surface area (Å²) in [6.45, 7) is 2.23. The fraction of sp³-hybridized carbons (Fsp3) is 0.385. The molecule has 0 amide bonds. The number of hydrogen-bond donors (Lipinski definition) is 0. The molecule has 66 valence electrons. The van der Waals surface area contributed by atoms with Crippen molar-refractivity contribution in [1.82, 2.24) is 0 Å². The zero-order valence-electron chi connectivity index (χ0n) is 7.96. The minimum absolute atomic E-state index is 0.745. The lowest BCUT2D eigenvalue weighted by molar-refractivity contribution is 0.566. The molecule has 0 heteroatoms. The SMILES string of the molecule is CC1=C2C=CC=C3CCC(C=C1)C32. The van der Waals surface area contributed by atoms with Crippen LogP contribution in [0.15, 0.2) is 47.1 Å². The smallest absolute Gasteiger partial charge is 0.0117 e. The van der Waals surface area contributed by atoms with Crippen molar-refractivity contribution in [2.45, 2.75) is 19.8 Å². The summed E-state index contributed by atoms with van der Waals surface area (Å²) < 4.78 is 0. The van der Waals surface area contributed by atoms with Crippen LogP contribution in [0.1, 0.15) is 19.8 Å². The third-order valence-corrected chi connectivity index (χ3v) is 3.56. The minimum Gasteiger partial charge on any atom is -0.0802 e. The van der Waals surface area contributed by atoms with Crippen LogP contribution in [0, 0.1) is 11.8 Å². The molecule has 0 aromatic carbocycles. The number of rotatable bonds is 0. The normalized spacial score (nSPS) is 35.0. The second kappa shape index (κ2) is 2.47. The van der Waals surface area contributed by atoms with Gasteiger partial charge >= 0.3 is 0 Å². The van der Waals surface area contributed by atoms with Crippen LogP contribution >= 0.6 is 0 Å². The molecule has 0 spiro atoms. The van der Waals surface area contributed by atoms with Gasteiger partial charge in [-0.1, -0.05) is 36.0 Å². The summed E-state index contributed by atoms with van der Waals surface area (Å²) in [7, 11) is 0. The monoisotopic (exact) mass is 170 g/mol. The van der Waals surface area contributed by atoms with E-state index in [4.69, 9.17) is 0 Å². The van der Waals surface area contributed by atoms with Gasteiger partial charge in [0.15, 0.2) is 0 Å². The van der Waals surface area contributed by atoms with Crippen LogP contribution in [-0.4, -0.2) is 0 Å². The third kappa shape index (κ3) is 0.918. The molecular weight excluding hydrogens is 156 g/mol. The first kappa shape index (κ1) is 7.37. The highest BCUT2D eigenvalue weighted by molar-refractivity contribution is 5.49. The van der Waals surface area contributed by atoms with Gasteiger partial charge in [-0.3, -0.25) is 0 Å². The van der Waals surface area contributed by atoms with Crippen LogP contribution in [0.4, 0.5) is 0 Å². The molecule has 0 saturated heterocycles. The molecule has 3 aliphatic rings. The second-order valence-electron chi connectivity index (χ2n) is 4.28. The van der Waals surface area contributed by atoms with Gasteiger partial charge in [0.25, 0.3) is 0 Å². The lowest BCUT2D eigenvalue weighted by Crippen LogP contribution is -2.15. The standard InChI is InChI=1S/C13H14/c1-9-5-6-11-8-7-10-3-2-4-12(9)13(10)11/h2-6,11,13H,7-8H2,1H3. The Hall–Kier alpha value is -1.04. The lowest BCUT2D eigenvalue weighted by Gasteiger charge is -2.26. The predicted octanol–water partition coefficient (Wildman–Crippen LogP) is 3.40. The average molecular weight is 170 g/mol. The van der Waals surface area contributed by atoms with Crippen molar-refractivity contribution in [3.05, 3.63) is 47.1 Å². The lowest BCUT2D eigenvalue weighted by atomic mass is 9.78. The van der Waals surface area contributed by atoms with Crippen LogP contribution in [-0.2, 0) is 0 Å². The first-order chi connectivity index (χ1) is 6.36. The first-order valence-corrected chi connectivity index (χ1v) is 5.12. The third-order valence-electron chi connectivity index (χ3n) is 3.56. The van der Waals surface area contributed by atoms with Gasteiger partial charge < -0.3 is 0 Å². The molecule has 0 heterocycles. The first-order valence-electron chi connectivity index (χ1n) is 5.12. The van der Waals surface area contributed by atoms with Crippen molar-refractivity contribution in [3.63, 3.8) is 0 Å². The van der Waals surface area contributed by atoms with Crippen molar-refractivity contribution in [1.29, 1.82) is 0 Å². The Balaban J connectivity index is 2.18. The molecule has 2 atom stereocenters. The highest BCUT2D eigenvalue weighted by Gasteiger charge is 2.34. The highest BCUT2D eigenvalue weighted by Crippen LogP contribution is 2.47. The van der Waals surface area contributed by atoms with Gasteiger partial charge in [0.2, 0.25) is 0 Å². The fourth-order valence-electron chi connectivity index (χ4n) is 2.88. The largest absolute Gasteiger partial charge is 0.0802 e. The van der Waals surface area contributed by atoms with E-state index in [-0.39, 0.29) is 0 Å². The van der Waals surface area contributed by atoms with E-state index in [9.17, 15) is 0 Å². The Bertz CT molecular complexity index is 363. The summed E-state index contributed by atoms with van der Waals surface area (Å²) in [5, 5.41) is 0. The molecule has 0 nitrogen and oxygen atoms in total. The Morgan fingerprint density at radius 3 is 3.15 bits per heavy atom. The van der Waals surface area contributed by atoms with Crippen molar-refractivity contribution < 1.29 is 0 Å². The molecule has 0 radical (unpaired) electrons. The minimum atomic E-state index is 0.745. The maximum absolute atomic E-state index is 2.41. The summed E-state index contributed by atoms with van der Waals surface area (Å²) in [5.41, 5.74) is 4.69. The van der Waals surface area contributed by atoms with E-state index in [2.05, 4.69) is 37.3 Å². The van der Waals surface area contributed by atoms with Crippen LogP contribution in [0.3, 0.4) is 0 Å². The van der Waals surface area contributed by atoms with E-state index in [1.807, 2.05) is 0 Å². The maximum atomic E-state index is 2.41. The quantitative estimate of drug-likeness (QED) is 0.522. The van der Waals surface area contributed by atoms with Gasteiger partial charge in [0.05, 0.1) is 0 Å². The molecule has 1 fully saturated rings. The summed E-state index contributed by atoms with van der Waals surface area (Å²) in [4.78, 5) is 0. The van der Waals surface area contributed by atoms with E-state index in [0.717, 1.165) is 11.8 Å². The summed E-state index contributed by atoms with van der Waals surface area (Å²) in [5.74, 6) is 1.55. The second-order valence-corrected chi connectivity index (χ2v) is 4.28. The van der Waals surface area contributed by atoms with Crippen molar-refractivity contribution >= 4 is 0 Å². The Kier molecular flexibility index (Phi) is 1.40. The summed E-state index contributed by atoms with van der Waals surface area (Å²) in [6.07, 6.45) is 14.2. The highest BCUT2D eigenvalue weighted by atomic mass is 14.4. The molecule has 0 bridgehead atoms. The van der Waals surface area contributed by atoms with Crippen molar-refractivity contribution in [2.75, 3.05) is 0 Å². The number of hydrogen-bond acceptors (Lipinski definition) is 0. The molecule has 1 saturated carbocycles.